The molecule has 1 aromatic carbocycles. The number of carbonyl (C=O) groups is 2. The molecule has 0 aliphatic heterocycles. The first-order chi connectivity index (χ1) is 17.8. The molecule has 3 aromatic rings. The lowest BCUT2D eigenvalue weighted by molar-refractivity contribution is 0.0509. The Labute approximate surface area is 218 Å². The second kappa shape index (κ2) is 12.0. The van der Waals surface area contributed by atoms with E-state index in [-0.39, 0.29) is 31.1 Å². The third-order valence-corrected chi connectivity index (χ3v) is 6.79. The molecule has 0 saturated carbocycles. The van der Waals surface area contributed by atoms with Crippen molar-refractivity contribution >= 4 is 11.9 Å². The molecule has 200 valence electrons. The molecule has 0 amide bonds. The maximum atomic E-state index is 12.9. The molecule has 37 heavy (non-hydrogen) atoms. The number of nitrogens with one attached hydrogen (secondary N) is 2. The molecule has 0 radical (unpaired) electrons. The molecule has 0 bridgehead atoms. The summed E-state index contributed by atoms with van der Waals surface area (Å²) in [6, 6.07) is 5.70. The van der Waals surface area contributed by atoms with Crippen molar-refractivity contribution in [1.82, 2.24) is 9.97 Å². The van der Waals surface area contributed by atoms with Crippen molar-refractivity contribution in [1.29, 1.82) is 0 Å². The molecule has 0 fully saturated rings. The SMILES string of the molecule is CCOC(=O)c1[nH]c(C(c2cc(OC)cc(OC)c2)c2[nH]c(C(=O)OCC)c(CC)c2C)c(C)c1CC. The van der Waals surface area contributed by atoms with Crippen LogP contribution >= 0.6 is 0 Å². The van der Waals surface area contributed by atoms with Crippen LogP contribution in [0.25, 0.3) is 0 Å². The highest BCUT2D eigenvalue weighted by atomic mass is 16.5. The first kappa shape index (κ1) is 27.9. The van der Waals surface area contributed by atoms with Crippen LogP contribution in [0, 0.1) is 13.8 Å². The van der Waals surface area contributed by atoms with Gasteiger partial charge in [0.1, 0.15) is 22.9 Å². The highest BCUT2D eigenvalue weighted by Crippen LogP contribution is 2.41. The van der Waals surface area contributed by atoms with Crippen LogP contribution in [0.1, 0.15) is 93.8 Å². The molecule has 2 heterocycles. The van der Waals surface area contributed by atoms with E-state index in [1.807, 2.05) is 45.9 Å². The number of hydrogen-bond acceptors (Lipinski definition) is 6. The predicted molar refractivity (Wildman–Crippen MR) is 142 cm³/mol. The van der Waals surface area contributed by atoms with Gasteiger partial charge in [0.25, 0.3) is 0 Å². The summed E-state index contributed by atoms with van der Waals surface area (Å²) >= 11 is 0. The molecule has 0 saturated heterocycles. The van der Waals surface area contributed by atoms with E-state index in [1.54, 1.807) is 28.1 Å². The Bertz CT molecular complexity index is 1180. The number of carbonyl (C=O) groups excluding carboxylic acids is 2. The minimum Gasteiger partial charge on any atom is -0.497 e. The summed E-state index contributed by atoms with van der Waals surface area (Å²) in [4.78, 5) is 32.5. The minimum atomic E-state index is -0.389. The van der Waals surface area contributed by atoms with Gasteiger partial charge in [0.15, 0.2) is 0 Å². The molecule has 2 N–H and O–H groups in total. The number of H-pyrrole nitrogens is 2. The van der Waals surface area contributed by atoms with Gasteiger partial charge in [0, 0.05) is 17.5 Å². The third kappa shape index (κ3) is 5.38. The van der Waals surface area contributed by atoms with Crippen molar-refractivity contribution in [3.05, 3.63) is 68.8 Å². The summed E-state index contributed by atoms with van der Waals surface area (Å²) in [5.74, 6) is 0.109. The average molecular weight is 511 g/mol. The highest BCUT2D eigenvalue weighted by molar-refractivity contribution is 5.91. The number of esters is 2. The zero-order valence-corrected chi connectivity index (χ0v) is 23.1. The van der Waals surface area contributed by atoms with Crippen LogP contribution in [0.3, 0.4) is 0 Å². The minimum absolute atomic E-state index is 0.282. The van der Waals surface area contributed by atoms with Crippen LogP contribution < -0.4 is 9.47 Å². The first-order valence-corrected chi connectivity index (χ1v) is 12.8. The Morgan fingerprint density at radius 1 is 0.730 bits per heavy atom. The fourth-order valence-electron chi connectivity index (χ4n) is 5.00. The number of benzene rings is 1. The van der Waals surface area contributed by atoms with E-state index in [1.165, 1.54) is 0 Å². The lowest BCUT2D eigenvalue weighted by atomic mass is 9.87. The third-order valence-electron chi connectivity index (χ3n) is 6.79. The van der Waals surface area contributed by atoms with Gasteiger partial charge in [0.05, 0.1) is 33.4 Å². The topological polar surface area (TPSA) is 103 Å². The van der Waals surface area contributed by atoms with Crippen LogP contribution in [0.5, 0.6) is 11.5 Å². The molecule has 0 aliphatic carbocycles. The van der Waals surface area contributed by atoms with E-state index in [0.29, 0.717) is 35.7 Å². The summed E-state index contributed by atoms with van der Waals surface area (Å²) in [7, 11) is 3.21. The maximum Gasteiger partial charge on any atom is 0.355 e. The molecule has 8 heteroatoms. The Morgan fingerprint density at radius 2 is 1.14 bits per heavy atom. The smallest absolute Gasteiger partial charge is 0.355 e. The van der Waals surface area contributed by atoms with Crippen LogP contribution in [0.2, 0.25) is 0 Å². The van der Waals surface area contributed by atoms with Gasteiger partial charge in [-0.05, 0) is 80.5 Å². The van der Waals surface area contributed by atoms with Crippen molar-refractivity contribution in [2.45, 2.75) is 60.3 Å². The highest BCUT2D eigenvalue weighted by Gasteiger charge is 2.31. The molecule has 2 aromatic heterocycles. The van der Waals surface area contributed by atoms with Gasteiger partial charge in [0.2, 0.25) is 0 Å². The fraction of sp³-hybridized carbons (Fsp3) is 0.448. The van der Waals surface area contributed by atoms with Crippen molar-refractivity contribution in [3.63, 3.8) is 0 Å². The Kier molecular flexibility index (Phi) is 9.08. The summed E-state index contributed by atoms with van der Waals surface area (Å²) in [5, 5.41) is 0. The van der Waals surface area contributed by atoms with Crippen molar-refractivity contribution in [2.75, 3.05) is 27.4 Å². The monoisotopic (exact) mass is 510 g/mol. The summed E-state index contributed by atoms with van der Waals surface area (Å²) in [6.07, 6.45) is 1.31. The molecular weight excluding hydrogens is 472 g/mol. The summed E-state index contributed by atoms with van der Waals surface area (Å²) in [5.41, 5.74) is 7.16. The van der Waals surface area contributed by atoms with Gasteiger partial charge < -0.3 is 28.9 Å². The first-order valence-electron chi connectivity index (χ1n) is 12.8. The fourth-order valence-corrected chi connectivity index (χ4v) is 5.00. The van der Waals surface area contributed by atoms with E-state index in [0.717, 1.165) is 39.2 Å². The predicted octanol–water partition coefficient (Wildman–Crippen LogP) is 5.64. The number of rotatable bonds is 11. The average Bonchev–Trinajstić information content (AvgIpc) is 3.40. The standard InChI is InChI=1S/C29H38N2O6/c1-9-21-16(5)24(30-26(21)28(32)36-11-3)23(18-13-19(34-7)15-20(14-18)35-8)25-17(6)22(10-2)27(31-25)29(33)37-12-4/h13-15,23,30-31H,9-12H2,1-8H3. The van der Waals surface area contributed by atoms with Gasteiger partial charge >= 0.3 is 11.9 Å². The number of aromatic amines is 2. The summed E-state index contributed by atoms with van der Waals surface area (Å²) in [6.45, 7) is 12.2. The second-order valence-electron chi connectivity index (χ2n) is 8.76. The number of hydrogen-bond donors (Lipinski definition) is 2. The second-order valence-corrected chi connectivity index (χ2v) is 8.76. The van der Waals surface area contributed by atoms with E-state index in [4.69, 9.17) is 18.9 Å². The molecule has 0 atom stereocenters. The quantitative estimate of drug-likeness (QED) is 0.324. The Morgan fingerprint density at radius 3 is 1.46 bits per heavy atom. The summed E-state index contributed by atoms with van der Waals surface area (Å²) < 4.78 is 21.8. The zero-order chi connectivity index (χ0) is 27.3. The van der Waals surface area contributed by atoms with Crippen LogP contribution in [-0.4, -0.2) is 49.3 Å². The molecular formula is C29H38N2O6. The van der Waals surface area contributed by atoms with E-state index in [2.05, 4.69) is 9.97 Å². The molecule has 0 spiro atoms. The molecule has 8 nitrogen and oxygen atoms in total. The van der Waals surface area contributed by atoms with Crippen molar-refractivity contribution in [2.24, 2.45) is 0 Å². The lowest BCUT2D eigenvalue weighted by Crippen LogP contribution is -2.11. The van der Waals surface area contributed by atoms with E-state index in [9.17, 15) is 9.59 Å². The van der Waals surface area contributed by atoms with Gasteiger partial charge in [-0.3, -0.25) is 0 Å². The normalized spacial score (nSPS) is 11.1. The molecule has 0 aliphatic rings. The van der Waals surface area contributed by atoms with Crippen molar-refractivity contribution in [3.8, 4) is 11.5 Å². The van der Waals surface area contributed by atoms with Crippen LogP contribution in [0.15, 0.2) is 18.2 Å². The zero-order valence-electron chi connectivity index (χ0n) is 23.1. The Hall–Kier alpha value is -3.68. The number of methoxy groups -OCH3 is 2. The molecule has 0 unspecified atom stereocenters. The maximum absolute atomic E-state index is 12.9. The number of aromatic nitrogens is 2. The number of ether oxygens (including phenoxy) is 4. The van der Waals surface area contributed by atoms with E-state index >= 15 is 0 Å². The molecule has 3 rings (SSSR count). The van der Waals surface area contributed by atoms with Crippen LogP contribution in [0.4, 0.5) is 0 Å². The van der Waals surface area contributed by atoms with Gasteiger partial charge in [-0.25, -0.2) is 9.59 Å². The van der Waals surface area contributed by atoms with Crippen molar-refractivity contribution < 1.29 is 28.5 Å². The van der Waals surface area contributed by atoms with Gasteiger partial charge in [-0.1, -0.05) is 13.8 Å². The van der Waals surface area contributed by atoms with E-state index < -0.39 is 0 Å². The van der Waals surface area contributed by atoms with Gasteiger partial charge in [-0.15, -0.1) is 0 Å². The lowest BCUT2D eigenvalue weighted by Gasteiger charge is -2.20. The van der Waals surface area contributed by atoms with Crippen LogP contribution in [-0.2, 0) is 22.3 Å². The van der Waals surface area contributed by atoms with Gasteiger partial charge in [-0.2, -0.15) is 0 Å². The Balaban J connectivity index is 2.37. The largest absolute Gasteiger partial charge is 0.497 e.